The van der Waals surface area contributed by atoms with E-state index in [1.807, 2.05) is 0 Å². The number of carbonyl (C=O) groups is 2. The fourth-order valence-electron chi connectivity index (χ4n) is 2.36. The average Bonchev–Trinajstić information content (AvgIpc) is 2.81. The zero-order valence-electron chi connectivity index (χ0n) is 13.9. The second kappa shape index (κ2) is 7.43. The van der Waals surface area contributed by atoms with Crippen LogP contribution in [0.1, 0.15) is 28.7 Å². The number of carbonyl (C=O) groups excluding carboxylic acids is 2. The van der Waals surface area contributed by atoms with Crippen molar-refractivity contribution in [2.45, 2.75) is 33.4 Å². The number of ketones is 1. The maximum absolute atomic E-state index is 12.2. The molecule has 0 spiro atoms. The molecular weight excluding hydrogens is 350 g/mol. The van der Waals surface area contributed by atoms with Gasteiger partial charge >= 0.3 is 11.7 Å². The minimum atomic E-state index is -0.999. The van der Waals surface area contributed by atoms with Crippen LogP contribution in [0.15, 0.2) is 24.3 Å². The lowest BCUT2D eigenvalue weighted by molar-refractivity contribution is -0.386. The minimum absolute atomic E-state index is 0.141. The Balaban J connectivity index is 2.05. The molecule has 0 radical (unpaired) electrons. The van der Waals surface area contributed by atoms with Gasteiger partial charge in [0.15, 0.2) is 6.10 Å². The van der Waals surface area contributed by atoms with Crippen LogP contribution in [0.3, 0.4) is 0 Å². The number of Topliss-reactive ketones (excluding diaryl/α,β-unsaturated/α-hetero) is 1. The third-order valence-corrected chi connectivity index (χ3v) is 3.86. The van der Waals surface area contributed by atoms with Gasteiger partial charge in [-0.1, -0.05) is 11.6 Å². The summed E-state index contributed by atoms with van der Waals surface area (Å²) in [5.74, 6) is -1.08. The molecule has 1 heterocycles. The second-order valence-electron chi connectivity index (χ2n) is 5.44. The quantitative estimate of drug-likeness (QED) is 0.337. The first-order valence-electron chi connectivity index (χ1n) is 7.38. The largest absolute Gasteiger partial charge is 0.453 e. The highest BCUT2D eigenvalue weighted by Crippen LogP contribution is 2.21. The Morgan fingerprint density at radius 2 is 1.92 bits per heavy atom. The van der Waals surface area contributed by atoms with Gasteiger partial charge in [0.05, 0.1) is 4.92 Å². The van der Waals surface area contributed by atoms with Crippen LogP contribution in [0.5, 0.6) is 0 Å². The normalized spacial score (nSPS) is 11.8. The van der Waals surface area contributed by atoms with Crippen LogP contribution in [-0.2, 0) is 16.1 Å². The van der Waals surface area contributed by atoms with Crippen molar-refractivity contribution in [3.8, 4) is 0 Å². The highest BCUT2D eigenvalue weighted by molar-refractivity contribution is 6.30. The van der Waals surface area contributed by atoms with E-state index in [1.54, 1.807) is 24.3 Å². The molecule has 0 amide bonds. The summed E-state index contributed by atoms with van der Waals surface area (Å²) < 4.78 is 6.30. The molecule has 25 heavy (non-hydrogen) atoms. The third-order valence-electron chi connectivity index (χ3n) is 3.61. The van der Waals surface area contributed by atoms with Gasteiger partial charge in [0.2, 0.25) is 5.78 Å². The number of nitro groups is 1. The number of benzene rings is 1. The summed E-state index contributed by atoms with van der Waals surface area (Å²) in [7, 11) is 0. The molecule has 9 heteroatoms. The highest BCUT2D eigenvalue weighted by Gasteiger charge is 2.25. The van der Waals surface area contributed by atoms with Crippen LogP contribution in [0, 0.1) is 24.0 Å². The molecule has 0 unspecified atom stereocenters. The Hall–Kier alpha value is -2.74. The molecule has 0 bridgehead atoms. The maximum Gasteiger partial charge on any atom is 0.328 e. The summed E-state index contributed by atoms with van der Waals surface area (Å²) >= 11 is 5.77. The Morgan fingerprint density at radius 3 is 2.44 bits per heavy atom. The van der Waals surface area contributed by atoms with Crippen LogP contribution in [0.25, 0.3) is 0 Å². The van der Waals surface area contributed by atoms with E-state index in [-0.39, 0.29) is 29.4 Å². The molecule has 0 aliphatic rings. The smallest absolute Gasteiger partial charge is 0.328 e. The lowest BCUT2D eigenvalue weighted by atomic mass is 10.1. The molecular formula is C16H16ClN3O5. The molecule has 132 valence electrons. The van der Waals surface area contributed by atoms with Crippen molar-refractivity contribution >= 4 is 29.0 Å². The summed E-state index contributed by atoms with van der Waals surface area (Å²) in [6.45, 7) is 4.12. The lowest BCUT2D eigenvalue weighted by Gasteiger charge is -2.12. The van der Waals surface area contributed by atoms with Crippen LogP contribution >= 0.6 is 11.6 Å². The Morgan fingerprint density at radius 1 is 1.32 bits per heavy atom. The van der Waals surface area contributed by atoms with Gasteiger partial charge in [-0.15, -0.1) is 0 Å². The molecule has 0 saturated carbocycles. The van der Waals surface area contributed by atoms with E-state index in [0.29, 0.717) is 10.6 Å². The first-order chi connectivity index (χ1) is 11.7. The lowest BCUT2D eigenvalue weighted by Crippen LogP contribution is -2.27. The van der Waals surface area contributed by atoms with Crippen molar-refractivity contribution in [3.05, 3.63) is 56.4 Å². The van der Waals surface area contributed by atoms with E-state index in [1.165, 1.54) is 25.5 Å². The number of nitrogens with zero attached hydrogens (tertiary/aromatic N) is 3. The Bertz CT molecular complexity index is 829. The van der Waals surface area contributed by atoms with Crippen molar-refractivity contribution in [1.29, 1.82) is 0 Å². The number of aromatic nitrogens is 2. The monoisotopic (exact) mass is 365 g/mol. The van der Waals surface area contributed by atoms with Crippen molar-refractivity contribution in [3.63, 3.8) is 0 Å². The number of esters is 1. The van der Waals surface area contributed by atoms with Gasteiger partial charge in [-0.3, -0.25) is 24.4 Å². The SMILES string of the molecule is Cc1nn(CC(=O)O[C@H](C)C(=O)c2ccc(Cl)cc2)c(C)c1[N+](=O)[O-]. The number of halogens is 1. The number of aryl methyl sites for hydroxylation is 1. The van der Waals surface area contributed by atoms with Crippen LogP contribution in [-0.4, -0.2) is 32.6 Å². The zero-order valence-corrected chi connectivity index (χ0v) is 14.6. The standard InChI is InChI=1S/C16H16ClN3O5/c1-9-15(20(23)24)10(2)19(18-9)8-14(21)25-11(3)16(22)12-4-6-13(17)7-5-12/h4-7,11H,8H2,1-3H3/t11-/m1/s1. The van der Waals surface area contributed by atoms with Gasteiger partial charge in [-0.05, 0) is 45.0 Å². The van der Waals surface area contributed by atoms with Gasteiger partial charge in [0, 0.05) is 10.6 Å². The molecule has 0 aliphatic heterocycles. The number of rotatable bonds is 6. The molecule has 1 atom stereocenters. The van der Waals surface area contributed by atoms with Crippen LogP contribution in [0.4, 0.5) is 5.69 Å². The maximum atomic E-state index is 12.2. The molecule has 1 aromatic carbocycles. The average molecular weight is 366 g/mol. The van der Waals surface area contributed by atoms with Gasteiger partial charge in [0.25, 0.3) is 0 Å². The molecule has 2 aromatic rings. The fourth-order valence-corrected chi connectivity index (χ4v) is 2.49. The predicted molar refractivity (Wildman–Crippen MR) is 89.7 cm³/mol. The topological polar surface area (TPSA) is 104 Å². The highest BCUT2D eigenvalue weighted by atomic mass is 35.5. The van der Waals surface area contributed by atoms with E-state index in [9.17, 15) is 19.7 Å². The Kier molecular flexibility index (Phi) is 5.53. The molecule has 0 N–H and O–H groups in total. The van der Waals surface area contributed by atoms with E-state index in [2.05, 4.69) is 5.10 Å². The fraction of sp³-hybridized carbons (Fsp3) is 0.312. The zero-order chi connectivity index (χ0) is 18.7. The molecule has 1 aromatic heterocycles. The Labute approximate surface area is 148 Å². The van der Waals surface area contributed by atoms with Gasteiger partial charge in [-0.2, -0.15) is 5.10 Å². The molecule has 8 nitrogen and oxygen atoms in total. The summed E-state index contributed by atoms with van der Waals surface area (Å²) in [4.78, 5) is 34.7. The summed E-state index contributed by atoms with van der Waals surface area (Å²) in [5.41, 5.74) is 0.682. The van der Waals surface area contributed by atoms with E-state index in [0.717, 1.165) is 0 Å². The first-order valence-corrected chi connectivity index (χ1v) is 7.76. The molecule has 0 saturated heterocycles. The van der Waals surface area contributed by atoms with E-state index >= 15 is 0 Å². The van der Waals surface area contributed by atoms with Crippen LogP contribution < -0.4 is 0 Å². The number of hydrogen-bond donors (Lipinski definition) is 0. The van der Waals surface area contributed by atoms with Crippen molar-refractivity contribution in [2.24, 2.45) is 0 Å². The van der Waals surface area contributed by atoms with Gasteiger partial charge in [0.1, 0.15) is 17.9 Å². The molecule has 0 aliphatic carbocycles. The summed E-state index contributed by atoms with van der Waals surface area (Å²) in [6, 6.07) is 6.22. The summed E-state index contributed by atoms with van der Waals surface area (Å²) in [5, 5.41) is 15.4. The predicted octanol–water partition coefficient (Wildman–Crippen LogP) is 2.88. The van der Waals surface area contributed by atoms with Crippen molar-refractivity contribution in [2.75, 3.05) is 0 Å². The van der Waals surface area contributed by atoms with E-state index < -0.39 is 17.0 Å². The number of hydrogen-bond acceptors (Lipinski definition) is 6. The molecule has 2 rings (SSSR count). The third kappa shape index (κ3) is 4.21. The van der Waals surface area contributed by atoms with Crippen LogP contribution in [0.2, 0.25) is 5.02 Å². The van der Waals surface area contributed by atoms with Gasteiger partial charge < -0.3 is 4.74 Å². The van der Waals surface area contributed by atoms with Crippen molar-refractivity contribution < 1.29 is 19.2 Å². The molecule has 0 fully saturated rings. The summed E-state index contributed by atoms with van der Waals surface area (Å²) in [6.07, 6.45) is -0.999. The first kappa shape index (κ1) is 18.6. The van der Waals surface area contributed by atoms with Gasteiger partial charge in [-0.25, -0.2) is 0 Å². The van der Waals surface area contributed by atoms with E-state index in [4.69, 9.17) is 16.3 Å². The second-order valence-corrected chi connectivity index (χ2v) is 5.87. The minimum Gasteiger partial charge on any atom is -0.453 e. The number of ether oxygens (including phenoxy) is 1. The van der Waals surface area contributed by atoms with Crippen molar-refractivity contribution in [1.82, 2.24) is 9.78 Å².